The average molecular weight is 385 g/mol. The second-order valence-electron chi connectivity index (χ2n) is 7.87. The lowest BCUT2D eigenvalue weighted by atomic mass is 10.2. The number of hydrogen-bond donors (Lipinski definition) is 1. The predicted octanol–water partition coefficient (Wildman–Crippen LogP) is 1.97. The van der Waals surface area contributed by atoms with Crippen molar-refractivity contribution in [2.75, 3.05) is 14.1 Å². The van der Waals surface area contributed by atoms with E-state index in [1.54, 1.807) is 18.3 Å². The first-order valence-electron chi connectivity index (χ1n) is 8.14. The third-order valence-electron chi connectivity index (χ3n) is 4.96. The molecule has 0 aromatic carbocycles. The molecule has 0 bridgehead atoms. The van der Waals surface area contributed by atoms with Crippen molar-refractivity contribution in [1.29, 1.82) is 0 Å². The lowest BCUT2D eigenvalue weighted by Gasteiger charge is -2.36. The summed E-state index contributed by atoms with van der Waals surface area (Å²) in [5.74, 6) is 1.04. The van der Waals surface area contributed by atoms with Crippen LogP contribution in [0.3, 0.4) is 0 Å². The standard InChI is InChI=1S/C16H28N4O3SSi/c1-16(2,3)25(6,7)15-18-11-13(14-9-8-12(10-17)23-14)20(15)24(21,22)19(4)5/h8-9,11H,10,17H2,1-7H3. The van der Waals surface area contributed by atoms with E-state index in [0.717, 1.165) is 0 Å². The zero-order valence-corrected chi connectivity index (χ0v) is 17.8. The van der Waals surface area contributed by atoms with Crippen molar-refractivity contribution < 1.29 is 12.8 Å². The van der Waals surface area contributed by atoms with E-state index in [4.69, 9.17) is 10.2 Å². The van der Waals surface area contributed by atoms with Crippen LogP contribution in [0.15, 0.2) is 22.7 Å². The van der Waals surface area contributed by atoms with Crippen molar-refractivity contribution in [3.63, 3.8) is 0 Å². The maximum atomic E-state index is 13.1. The third kappa shape index (κ3) is 3.33. The first kappa shape index (κ1) is 19.9. The highest BCUT2D eigenvalue weighted by molar-refractivity contribution is 7.87. The van der Waals surface area contributed by atoms with Crippen LogP contribution in [-0.4, -0.2) is 43.8 Å². The van der Waals surface area contributed by atoms with Crippen LogP contribution in [0.25, 0.3) is 11.5 Å². The van der Waals surface area contributed by atoms with Crippen molar-refractivity contribution in [1.82, 2.24) is 13.3 Å². The summed E-state index contributed by atoms with van der Waals surface area (Å²) in [6, 6.07) is 3.48. The van der Waals surface area contributed by atoms with Gasteiger partial charge in [-0.1, -0.05) is 33.9 Å². The van der Waals surface area contributed by atoms with Crippen LogP contribution >= 0.6 is 0 Å². The summed E-state index contributed by atoms with van der Waals surface area (Å²) >= 11 is 0. The summed E-state index contributed by atoms with van der Waals surface area (Å²) in [7, 11) is -2.94. The van der Waals surface area contributed by atoms with Gasteiger partial charge in [0.1, 0.15) is 25.0 Å². The van der Waals surface area contributed by atoms with Gasteiger partial charge in [-0.05, 0) is 17.2 Å². The normalized spacial score (nSPS) is 13.6. The molecule has 2 heterocycles. The summed E-state index contributed by atoms with van der Waals surface area (Å²) in [4.78, 5) is 4.54. The van der Waals surface area contributed by atoms with Crippen LogP contribution in [0.2, 0.25) is 18.1 Å². The predicted molar refractivity (Wildman–Crippen MR) is 103 cm³/mol. The smallest absolute Gasteiger partial charge is 0.308 e. The number of rotatable bonds is 5. The Labute approximate surface area is 151 Å². The SMILES string of the molecule is CN(C)S(=O)(=O)n1c(-c2ccc(CN)o2)cnc1[Si](C)(C)C(C)(C)C. The molecule has 2 aromatic heterocycles. The molecule has 0 atom stereocenters. The molecule has 0 radical (unpaired) electrons. The van der Waals surface area contributed by atoms with Gasteiger partial charge in [0.25, 0.3) is 0 Å². The largest absolute Gasteiger partial charge is 0.458 e. The second kappa shape index (κ2) is 6.38. The molecule has 0 aliphatic carbocycles. The van der Waals surface area contributed by atoms with Gasteiger partial charge in [-0.3, -0.25) is 0 Å². The molecule has 0 fully saturated rings. The van der Waals surface area contributed by atoms with Crippen molar-refractivity contribution in [3.8, 4) is 11.5 Å². The Morgan fingerprint density at radius 1 is 1.28 bits per heavy atom. The van der Waals surface area contributed by atoms with Crippen molar-refractivity contribution in [2.24, 2.45) is 5.73 Å². The average Bonchev–Trinajstić information content (AvgIpc) is 3.12. The molecule has 140 valence electrons. The van der Waals surface area contributed by atoms with Gasteiger partial charge in [0.05, 0.1) is 12.7 Å². The van der Waals surface area contributed by atoms with E-state index >= 15 is 0 Å². The van der Waals surface area contributed by atoms with Gasteiger partial charge in [-0.15, -0.1) is 0 Å². The maximum absolute atomic E-state index is 13.1. The minimum absolute atomic E-state index is 0.0687. The molecule has 9 heteroatoms. The number of furan rings is 1. The van der Waals surface area contributed by atoms with Crippen LogP contribution in [0, 0.1) is 0 Å². The maximum Gasteiger partial charge on any atom is 0.308 e. The molecule has 0 unspecified atom stereocenters. The van der Waals surface area contributed by atoms with Gasteiger partial charge in [-0.25, -0.2) is 8.96 Å². The number of hydrogen-bond acceptors (Lipinski definition) is 5. The molecular weight excluding hydrogens is 356 g/mol. The van der Waals surface area contributed by atoms with E-state index in [1.165, 1.54) is 22.4 Å². The van der Waals surface area contributed by atoms with Crippen LogP contribution < -0.4 is 11.2 Å². The molecule has 2 N–H and O–H groups in total. The van der Waals surface area contributed by atoms with E-state index in [0.29, 0.717) is 22.7 Å². The minimum atomic E-state index is -3.75. The molecule has 0 spiro atoms. The number of imidazole rings is 1. The van der Waals surface area contributed by atoms with Gasteiger partial charge >= 0.3 is 10.2 Å². The van der Waals surface area contributed by atoms with Gasteiger partial charge < -0.3 is 10.2 Å². The third-order valence-corrected chi connectivity index (χ3v) is 12.1. The van der Waals surface area contributed by atoms with Crippen molar-refractivity contribution in [3.05, 3.63) is 24.1 Å². The van der Waals surface area contributed by atoms with E-state index in [-0.39, 0.29) is 11.6 Å². The van der Waals surface area contributed by atoms with Crippen LogP contribution in [0.4, 0.5) is 0 Å². The summed E-state index contributed by atoms with van der Waals surface area (Å²) in [5.41, 5.74) is 6.64. The fourth-order valence-electron chi connectivity index (χ4n) is 2.28. The zero-order valence-electron chi connectivity index (χ0n) is 16.0. The molecule has 7 nitrogen and oxygen atoms in total. The summed E-state index contributed by atoms with van der Waals surface area (Å²) in [6.45, 7) is 10.9. The van der Waals surface area contributed by atoms with Gasteiger partial charge in [0.2, 0.25) is 0 Å². The Morgan fingerprint density at radius 3 is 2.32 bits per heavy atom. The lowest BCUT2D eigenvalue weighted by Crippen LogP contribution is -2.56. The molecular formula is C16H28N4O3SSi. The Kier molecular flexibility index (Phi) is 5.08. The topological polar surface area (TPSA) is 94.4 Å². The molecule has 2 aromatic rings. The van der Waals surface area contributed by atoms with E-state index in [1.807, 2.05) is 0 Å². The van der Waals surface area contributed by atoms with E-state index in [2.05, 4.69) is 38.8 Å². The monoisotopic (exact) mass is 384 g/mol. The highest BCUT2D eigenvalue weighted by Crippen LogP contribution is 2.36. The fourth-order valence-corrected chi connectivity index (χ4v) is 5.97. The Bertz CT molecular complexity index is 860. The Hall–Kier alpha value is -1.42. The Morgan fingerprint density at radius 2 is 1.88 bits per heavy atom. The van der Waals surface area contributed by atoms with Crippen LogP contribution in [0.1, 0.15) is 26.5 Å². The van der Waals surface area contributed by atoms with E-state index in [9.17, 15) is 8.42 Å². The lowest BCUT2D eigenvalue weighted by molar-refractivity contribution is 0.506. The minimum Gasteiger partial charge on any atom is -0.458 e. The first-order chi connectivity index (χ1) is 11.3. The molecule has 0 amide bonds. The molecule has 0 saturated heterocycles. The molecule has 0 aliphatic rings. The van der Waals surface area contributed by atoms with E-state index < -0.39 is 18.3 Å². The summed E-state index contributed by atoms with van der Waals surface area (Å²) in [6.07, 6.45) is 1.58. The van der Waals surface area contributed by atoms with Crippen molar-refractivity contribution >= 4 is 23.7 Å². The fraction of sp³-hybridized carbons (Fsp3) is 0.562. The number of aromatic nitrogens is 2. The van der Waals surface area contributed by atoms with Crippen molar-refractivity contribution in [2.45, 2.75) is 45.4 Å². The molecule has 0 aliphatic heterocycles. The zero-order chi connectivity index (χ0) is 19.2. The van der Waals surface area contributed by atoms with Gasteiger partial charge in [-0.2, -0.15) is 12.7 Å². The second-order valence-corrected chi connectivity index (χ2v) is 15.1. The van der Waals surface area contributed by atoms with Crippen LogP contribution in [0.5, 0.6) is 0 Å². The quantitative estimate of drug-likeness (QED) is 0.795. The van der Waals surface area contributed by atoms with Gasteiger partial charge in [0, 0.05) is 14.1 Å². The highest BCUT2D eigenvalue weighted by atomic mass is 32.2. The first-order valence-corrected chi connectivity index (χ1v) is 12.5. The van der Waals surface area contributed by atoms with Crippen LogP contribution in [-0.2, 0) is 16.8 Å². The Balaban J connectivity index is 2.80. The molecule has 25 heavy (non-hydrogen) atoms. The highest BCUT2D eigenvalue weighted by Gasteiger charge is 2.44. The summed E-state index contributed by atoms with van der Waals surface area (Å²) < 4.78 is 34.4. The summed E-state index contributed by atoms with van der Waals surface area (Å²) in [5, 5.41) is -0.0687. The number of nitrogens with zero attached hydrogens (tertiary/aromatic N) is 3. The molecule has 2 rings (SSSR count). The molecule has 0 saturated carbocycles. The van der Waals surface area contributed by atoms with Gasteiger partial charge in [0.15, 0.2) is 5.76 Å². The number of nitrogens with two attached hydrogens (primary N) is 1.